The molecule has 0 saturated carbocycles. The van der Waals surface area contributed by atoms with E-state index in [-0.39, 0.29) is 0 Å². The molecular weight excluding hydrogens is 284 g/mol. The average Bonchev–Trinajstić information content (AvgIpc) is 2.96. The molecule has 1 heterocycles. The van der Waals surface area contributed by atoms with E-state index in [2.05, 4.69) is 18.9 Å². The summed E-state index contributed by atoms with van der Waals surface area (Å²) in [5, 5.41) is 4.61. The number of ether oxygens (including phenoxy) is 1. The fourth-order valence-corrected chi connectivity index (χ4v) is 2.70. The fourth-order valence-electron chi connectivity index (χ4n) is 2.49. The number of nitrogens with zero attached hydrogens (tertiary/aromatic N) is 2. The lowest BCUT2D eigenvalue weighted by molar-refractivity contribution is 0.293. The Kier molecular flexibility index (Phi) is 5.68. The quantitative estimate of drug-likeness (QED) is 0.682. The van der Waals surface area contributed by atoms with Crippen molar-refractivity contribution >= 4 is 11.6 Å². The van der Waals surface area contributed by atoms with Crippen LogP contribution in [-0.2, 0) is 12.5 Å². The highest BCUT2D eigenvalue weighted by Gasteiger charge is 2.10. The van der Waals surface area contributed by atoms with Crippen LogP contribution in [0.3, 0.4) is 0 Å². The van der Waals surface area contributed by atoms with Crippen LogP contribution >= 0.6 is 11.6 Å². The molecule has 21 heavy (non-hydrogen) atoms. The second-order valence-corrected chi connectivity index (χ2v) is 5.51. The van der Waals surface area contributed by atoms with Crippen molar-refractivity contribution in [1.82, 2.24) is 9.78 Å². The van der Waals surface area contributed by atoms with Crippen molar-refractivity contribution in [2.75, 3.05) is 0 Å². The van der Waals surface area contributed by atoms with E-state index in [9.17, 15) is 0 Å². The third kappa shape index (κ3) is 3.79. The molecule has 3 nitrogen and oxygen atoms in total. The molecule has 0 aliphatic carbocycles. The van der Waals surface area contributed by atoms with Crippen LogP contribution in [0.2, 0.25) is 0 Å². The number of hydrogen-bond acceptors (Lipinski definition) is 2. The first-order valence-electron chi connectivity index (χ1n) is 7.50. The van der Waals surface area contributed by atoms with E-state index in [1.165, 1.54) is 0 Å². The molecule has 0 aliphatic rings. The van der Waals surface area contributed by atoms with E-state index < -0.39 is 0 Å². The van der Waals surface area contributed by atoms with Gasteiger partial charge < -0.3 is 4.74 Å². The first kappa shape index (κ1) is 15.9. The van der Waals surface area contributed by atoms with Gasteiger partial charge in [0.1, 0.15) is 12.4 Å². The maximum atomic E-state index is 5.97. The van der Waals surface area contributed by atoms with Crippen LogP contribution in [0.25, 0.3) is 0 Å². The van der Waals surface area contributed by atoms with Gasteiger partial charge in [0.15, 0.2) is 0 Å². The monoisotopic (exact) mass is 306 g/mol. The minimum absolute atomic E-state index is 0.458. The lowest BCUT2D eigenvalue weighted by atomic mass is 10.1. The number of hydrogen-bond donors (Lipinski definition) is 0. The normalized spacial score (nSPS) is 11.1. The zero-order valence-electron chi connectivity index (χ0n) is 13.0. The van der Waals surface area contributed by atoms with Gasteiger partial charge in [-0.2, -0.15) is 5.10 Å². The number of benzene rings is 1. The van der Waals surface area contributed by atoms with Crippen LogP contribution in [0.15, 0.2) is 30.5 Å². The highest BCUT2D eigenvalue weighted by Crippen LogP contribution is 2.25. The number of rotatable bonds is 7. The van der Waals surface area contributed by atoms with Crippen molar-refractivity contribution < 1.29 is 4.74 Å². The van der Waals surface area contributed by atoms with Gasteiger partial charge in [0.25, 0.3) is 0 Å². The molecule has 0 amide bonds. The van der Waals surface area contributed by atoms with Crippen LogP contribution < -0.4 is 4.74 Å². The Labute approximate surface area is 131 Å². The van der Waals surface area contributed by atoms with Gasteiger partial charge in [0, 0.05) is 11.8 Å². The molecule has 1 aromatic carbocycles. The summed E-state index contributed by atoms with van der Waals surface area (Å²) < 4.78 is 7.99. The first-order chi connectivity index (χ1) is 10.2. The maximum absolute atomic E-state index is 5.97. The van der Waals surface area contributed by atoms with E-state index in [1.807, 2.05) is 42.1 Å². The van der Waals surface area contributed by atoms with Gasteiger partial charge in [-0.3, -0.25) is 4.68 Å². The lowest BCUT2D eigenvalue weighted by Gasteiger charge is -2.13. The van der Waals surface area contributed by atoms with Crippen LogP contribution in [0, 0.1) is 6.92 Å². The first-order valence-corrected chi connectivity index (χ1v) is 8.04. The van der Waals surface area contributed by atoms with Crippen molar-refractivity contribution in [3.05, 3.63) is 47.3 Å². The summed E-state index contributed by atoms with van der Waals surface area (Å²) in [4.78, 5) is 0. The Morgan fingerprint density at radius 3 is 2.67 bits per heavy atom. The van der Waals surface area contributed by atoms with E-state index in [0.717, 1.165) is 35.4 Å². The Balaban J connectivity index is 2.07. The van der Waals surface area contributed by atoms with Crippen molar-refractivity contribution in [3.63, 3.8) is 0 Å². The fraction of sp³-hybridized carbons (Fsp3) is 0.471. The van der Waals surface area contributed by atoms with Crippen molar-refractivity contribution in [3.8, 4) is 5.75 Å². The molecule has 0 bridgehead atoms. The van der Waals surface area contributed by atoms with Gasteiger partial charge in [-0.15, -0.1) is 11.6 Å². The van der Waals surface area contributed by atoms with Crippen molar-refractivity contribution in [2.24, 2.45) is 0 Å². The molecule has 4 heteroatoms. The van der Waals surface area contributed by atoms with E-state index >= 15 is 0 Å². The maximum Gasteiger partial charge on any atom is 0.132 e. The standard InChI is InChI=1S/C17H23ClN2O/c1-4-16(5-2)20-10-9-15(19-20)12-21-17-13(3)7-6-8-14(17)11-18/h6-10,16H,4-5,11-12H2,1-3H3. The summed E-state index contributed by atoms with van der Waals surface area (Å²) >= 11 is 5.97. The van der Waals surface area contributed by atoms with E-state index in [4.69, 9.17) is 16.3 Å². The van der Waals surface area contributed by atoms with E-state index in [1.54, 1.807) is 0 Å². The van der Waals surface area contributed by atoms with Gasteiger partial charge in [-0.05, 0) is 31.4 Å². The summed E-state index contributed by atoms with van der Waals surface area (Å²) in [6, 6.07) is 8.53. The molecule has 0 saturated heterocycles. The zero-order valence-corrected chi connectivity index (χ0v) is 13.7. The summed E-state index contributed by atoms with van der Waals surface area (Å²) in [7, 11) is 0. The highest BCUT2D eigenvalue weighted by molar-refractivity contribution is 6.17. The third-order valence-corrected chi connectivity index (χ3v) is 4.07. The van der Waals surface area contributed by atoms with E-state index in [0.29, 0.717) is 18.5 Å². The van der Waals surface area contributed by atoms with Crippen LogP contribution in [-0.4, -0.2) is 9.78 Å². The number of halogens is 1. The minimum atomic E-state index is 0.458. The molecule has 0 N–H and O–H groups in total. The molecule has 0 radical (unpaired) electrons. The average molecular weight is 307 g/mol. The van der Waals surface area contributed by atoms with Gasteiger partial charge in [-0.25, -0.2) is 0 Å². The topological polar surface area (TPSA) is 27.1 Å². The van der Waals surface area contributed by atoms with Gasteiger partial charge in [-0.1, -0.05) is 32.0 Å². The Bertz CT molecular complexity index is 576. The third-order valence-electron chi connectivity index (χ3n) is 3.78. The van der Waals surface area contributed by atoms with Gasteiger partial charge in [0.2, 0.25) is 0 Å². The van der Waals surface area contributed by atoms with Crippen LogP contribution in [0.4, 0.5) is 0 Å². The summed E-state index contributed by atoms with van der Waals surface area (Å²) in [5.41, 5.74) is 3.08. The van der Waals surface area contributed by atoms with Crippen LogP contribution in [0.1, 0.15) is 49.6 Å². The molecule has 1 aromatic heterocycles. The minimum Gasteiger partial charge on any atom is -0.487 e. The molecular formula is C17H23ClN2O. The molecule has 0 spiro atoms. The molecule has 2 aromatic rings. The molecule has 0 unspecified atom stereocenters. The second-order valence-electron chi connectivity index (χ2n) is 5.24. The SMILES string of the molecule is CCC(CC)n1ccc(COc2c(C)cccc2CCl)n1. The Morgan fingerprint density at radius 1 is 1.24 bits per heavy atom. The Morgan fingerprint density at radius 2 is 2.00 bits per heavy atom. The number of aromatic nitrogens is 2. The molecule has 0 aliphatic heterocycles. The van der Waals surface area contributed by atoms with Crippen molar-refractivity contribution in [1.29, 1.82) is 0 Å². The smallest absolute Gasteiger partial charge is 0.132 e. The second kappa shape index (κ2) is 7.51. The lowest BCUT2D eigenvalue weighted by Crippen LogP contribution is -2.08. The van der Waals surface area contributed by atoms with Gasteiger partial charge >= 0.3 is 0 Å². The molecule has 2 rings (SSSR count). The summed E-state index contributed by atoms with van der Waals surface area (Å²) in [6.07, 6.45) is 4.22. The van der Waals surface area contributed by atoms with Crippen LogP contribution in [0.5, 0.6) is 5.75 Å². The highest BCUT2D eigenvalue weighted by atomic mass is 35.5. The summed E-state index contributed by atoms with van der Waals surface area (Å²) in [5.74, 6) is 1.34. The van der Waals surface area contributed by atoms with Crippen molar-refractivity contribution in [2.45, 2.75) is 52.1 Å². The molecule has 114 valence electrons. The Hall–Kier alpha value is -1.48. The number of para-hydroxylation sites is 1. The molecule has 0 atom stereocenters. The molecule has 0 fully saturated rings. The number of aryl methyl sites for hydroxylation is 1. The number of alkyl halides is 1. The predicted octanol–water partition coefficient (Wildman–Crippen LogP) is 4.87. The zero-order chi connectivity index (χ0) is 15.2. The van der Waals surface area contributed by atoms with Gasteiger partial charge in [0.05, 0.1) is 17.6 Å². The largest absolute Gasteiger partial charge is 0.487 e. The summed E-state index contributed by atoms with van der Waals surface area (Å²) in [6.45, 7) is 6.88. The predicted molar refractivity (Wildman–Crippen MR) is 86.9 cm³/mol.